The van der Waals surface area contributed by atoms with Gasteiger partial charge in [0, 0.05) is 12.7 Å². The van der Waals surface area contributed by atoms with Crippen molar-refractivity contribution in [3.8, 4) is 0 Å². The number of hydrazine groups is 1. The van der Waals surface area contributed by atoms with Gasteiger partial charge in [0.2, 0.25) is 5.95 Å². The summed E-state index contributed by atoms with van der Waals surface area (Å²) in [6, 6.07) is -0.670. The van der Waals surface area contributed by atoms with Crippen LogP contribution in [-0.2, 0) is 11.2 Å². The van der Waals surface area contributed by atoms with Crippen LogP contribution in [0.3, 0.4) is 0 Å². The van der Waals surface area contributed by atoms with Crippen LogP contribution < -0.4 is 16.9 Å². The second-order valence-electron chi connectivity index (χ2n) is 5.19. The van der Waals surface area contributed by atoms with E-state index in [0.29, 0.717) is 25.2 Å². The third kappa shape index (κ3) is 2.32. The van der Waals surface area contributed by atoms with Gasteiger partial charge in [-0.1, -0.05) is 0 Å². The number of nitrogen functional groups attached to an aromatic ring is 1. The average molecular weight is 290 g/mol. The van der Waals surface area contributed by atoms with E-state index in [-0.39, 0.29) is 5.95 Å². The molecule has 1 atom stereocenters. The molecule has 1 aliphatic carbocycles. The van der Waals surface area contributed by atoms with Crippen molar-refractivity contribution in [2.75, 3.05) is 18.8 Å². The van der Waals surface area contributed by atoms with Gasteiger partial charge in [-0.05, 0) is 36.9 Å². The average Bonchev–Trinajstić information content (AvgIpc) is 2.83. The first kappa shape index (κ1) is 13.8. The normalized spacial score (nSPS) is 20.9. The Labute approximate surface area is 121 Å². The molecule has 1 aromatic rings. The molecule has 8 heteroatoms. The first-order chi connectivity index (χ1) is 10.1. The van der Waals surface area contributed by atoms with Gasteiger partial charge in [-0.25, -0.2) is 15.0 Å². The number of nitrogens with zero attached hydrogens (tertiary/aromatic N) is 3. The van der Waals surface area contributed by atoms with Crippen LogP contribution in [0, 0.1) is 0 Å². The molecule has 8 nitrogen and oxygen atoms in total. The predicted octanol–water partition coefficient (Wildman–Crippen LogP) is -0.662. The maximum absolute atomic E-state index is 11.6. The monoisotopic (exact) mass is 290 g/mol. The summed E-state index contributed by atoms with van der Waals surface area (Å²) in [5.74, 6) is -0.674. The molecule has 2 aliphatic rings. The van der Waals surface area contributed by atoms with Crippen molar-refractivity contribution in [1.82, 2.24) is 20.4 Å². The number of nitrogens with two attached hydrogens (primary N) is 2. The predicted molar refractivity (Wildman–Crippen MR) is 76.6 cm³/mol. The lowest BCUT2D eigenvalue weighted by Crippen LogP contribution is -2.44. The lowest BCUT2D eigenvalue weighted by Gasteiger charge is -2.22. The quantitative estimate of drug-likeness (QED) is 0.575. The van der Waals surface area contributed by atoms with Gasteiger partial charge in [-0.15, -0.1) is 0 Å². The molecular weight excluding hydrogens is 272 g/mol. The molecule has 0 radical (unpaired) electrons. The van der Waals surface area contributed by atoms with E-state index in [9.17, 15) is 9.90 Å². The Bertz CT molecular complexity index is 615. The SMILES string of the molecule is NCCCN1NC2=C(CCc3cnc(N)nc32)C1C(=O)O. The van der Waals surface area contributed by atoms with E-state index in [1.807, 2.05) is 0 Å². The van der Waals surface area contributed by atoms with E-state index in [1.165, 1.54) is 0 Å². The summed E-state index contributed by atoms with van der Waals surface area (Å²) >= 11 is 0. The van der Waals surface area contributed by atoms with Crippen LogP contribution in [-0.4, -0.2) is 45.2 Å². The molecule has 0 fully saturated rings. The van der Waals surface area contributed by atoms with Crippen molar-refractivity contribution in [2.45, 2.75) is 25.3 Å². The zero-order valence-electron chi connectivity index (χ0n) is 11.5. The summed E-state index contributed by atoms with van der Waals surface area (Å²) in [6.07, 6.45) is 3.83. The standard InChI is InChI=1S/C13H18N6O2/c14-4-1-5-19-11(12(20)21)8-3-2-7-6-16-13(15)17-9(7)10(8)18-19/h6,11,18H,1-5,14H2,(H,20,21)(H2,15,16,17). The number of nitrogens with one attached hydrogen (secondary N) is 1. The molecule has 0 saturated heterocycles. The number of hydrogen-bond acceptors (Lipinski definition) is 7. The summed E-state index contributed by atoms with van der Waals surface area (Å²) in [5, 5.41) is 11.2. The van der Waals surface area contributed by atoms with E-state index in [2.05, 4.69) is 15.4 Å². The number of aryl methyl sites for hydroxylation is 1. The highest BCUT2D eigenvalue weighted by molar-refractivity contribution is 5.85. The van der Waals surface area contributed by atoms with Crippen molar-refractivity contribution in [3.05, 3.63) is 23.0 Å². The molecule has 1 aliphatic heterocycles. The second-order valence-corrected chi connectivity index (χ2v) is 5.19. The van der Waals surface area contributed by atoms with Gasteiger partial charge in [0.1, 0.15) is 6.04 Å². The molecule has 0 amide bonds. The number of carboxylic acids is 1. The van der Waals surface area contributed by atoms with Crippen molar-refractivity contribution >= 4 is 17.6 Å². The third-order valence-electron chi connectivity index (χ3n) is 3.84. The van der Waals surface area contributed by atoms with E-state index in [4.69, 9.17) is 11.5 Å². The van der Waals surface area contributed by atoms with Gasteiger partial charge in [0.05, 0.1) is 11.4 Å². The summed E-state index contributed by atoms with van der Waals surface area (Å²) in [5.41, 5.74) is 17.7. The topological polar surface area (TPSA) is 130 Å². The number of aromatic nitrogens is 2. The van der Waals surface area contributed by atoms with Gasteiger partial charge in [0.25, 0.3) is 0 Å². The van der Waals surface area contributed by atoms with Crippen LogP contribution in [0.25, 0.3) is 5.70 Å². The fourth-order valence-corrected chi connectivity index (χ4v) is 2.89. The van der Waals surface area contributed by atoms with Crippen LogP contribution >= 0.6 is 0 Å². The Kier molecular flexibility index (Phi) is 3.48. The molecule has 21 heavy (non-hydrogen) atoms. The van der Waals surface area contributed by atoms with Crippen molar-refractivity contribution in [3.63, 3.8) is 0 Å². The molecule has 2 heterocycles. The number of rotatable bonds is 4. The lowest BCUT2D eigenvalue weighted by molar-refractivity contribution is -0.142. The molecule has 1 aromatic heterocycles. The lowest BCUT2D eigenvalue weighted by atomic mass is 9.91. The summed E-state index contributed by atoms with van der Waals surface area (Å²) in [7, 11) is 0. The maximum Gasteiger partial charge on any atom is 0.327 e. The van der Waals surface area contributed by atoms with Crippen molar-refractivity contribution < 1.29 is 9.90 Å². The minimum absolute atomic E-state index is 0.191. The minimum Gasteiger partial charge on any atom is -0.480 e. The molecule has 1 unspecified atom stereocenters. The number of carboxylic acid groups (broad SMARTS) is 1. The van der Waals surface area contributed by atoms with Gasteiger partial charge in [-0.2, -0.15) is 0 Å². The highest BCUT2D eigenvalue weighted by Gasteiger charge is 2.40. The van der Waals surface area contributed by atoms with E-state index in [0.717, 1.165) is 29.7 Å². The molecule has 112 valence electrons. The van der Waals surface area contributed by atoms with Crippen LogP contribution in [0.5, 0.6) is 0 Å². The van der Waals surface area contributed by atoms with E-state index in [1.54, 1.807) is 11.2 Å². The molecule has 3 rings (SSSR count). The van der Waals surface area contributed by atoms with Crippen molar-refractivity contribution in [1.29, 1.82) is 0 Å². The smallest absolute Gasteiger partial charge is 0.327 e. The fraction of sp³-hybridized carbons (Fsp3) is 0.462. The molecule has 0 aromatic carbocycles. The van der Waals surface area contributed by atoms with E-state index < -0.39 is 12.0 Å². The first-order valence-electron chi connectivity index (χ1n) is 6.92. The molecule has 0 bridgehead atoms. The van der Waals surface area contributed by atoms with Crippen molar-refractivity contribution in [2.24, 2.45) is 5.73 Å². The van der Waals surface area contributed by atoms with Crippen LogP contribution in [0.15, 0.2) is 11.8 Å². The maximum atomic E-state index is 11.6. The molecule has 0 saturated carbocycles. The van der Waals surface area contributed by atoms with Crippen LogP contribution in [0.1, 0.15) is 24.1 Å². The van der Waals surface area contributed by atoms with Gasteiger partial charge in [-0.3, -0.25) is 4.79 Å². The number of aliphatic carboxylic acids is 1. The van der Waals surface area contributed by atoms with Crippen LogP contribution in [0.2, 0.25) is 0 Å². The zero-order chi connectivity index (χ0) is 15.0. The summed E-state index contributed by atoms with van der Waals surface area (Å²) in [4.78, 5) is 19.9. The largest absolute Gasteiger partial charge is 0.480 e. The number of fused-ring (bicyclic) bond motifs is 2. The molecule has 6 N–H and O–H groups in total. The number of carbonyl (C=O) groups is 1. The Morgan fingerprint density at radius 2 is 2.33 bits per heavy atom. The Hall–Kier alpha value is -2.19. The van der Waals surface area contributed by atoms with Gasteiger partial charge < -0.3 is 22.0 Å². The number of anilines is 1. The fourth-order valence-electron chi connectivity index (χ4n) is 2.89. The second kappa shape index (κ2) is 5.30. The summed E-state index contributed by atoms with van der Waals surface area (Å²) in [6.45, 7) is 1.08. The van der Waals surface area contributed by atoms with Crippen LogP contribution in [0.4, 0.5) is 5.95 Å². The third-order valence-corrected chi connectivity index (χ3v) is 3.84. The molecule has 0 spiro atoms. The number of hydrogen-bond donors (Lipinski definition) is 4. The van der Waals surface area contributed by atoms with Gasteiger partial charge >= 0.3 is 5.97 Å². The highest BCUT2D eigenvalue weighted by atomic mass is 16.4. The summed E-state index contributed by atoms with van der Waals surface area (Å²) < 4.78 is 0. The first-order valence-corrected chi connectivity index (χ1v) is 6.92. The molecular formula is C13H18N6O2. The van der Waals surface area contributed by atoms with E-state index >= 15 is 0 Å². The minimum atomic E-state index is -0.866. The Morgan fingerprint density at radius 3 is 3.05 bits per heavy atom. The Morgan fingerprint density at radius 1 is 1.52 bits per heavy atom. The van der Waals surface area contributed by atoms with Gasteiger partial charge in [0.15, 0.2) is 0 Å². The zero-order valence-corrected chi connectivity index (χ0v) is 11.5. The Balaban J connectivity index is 1.98. The highest BCUT2D eigenvalue weighted by Crippen LogP contribution is 2.36.